The van der Waals surface area contributed by atoms with Gasteiger partial charge in [0.25, 0.3) is 5.91 Å². The number of amides is 1. The summed E-state index contributed by atoms with van der Waals surface area (Å²) < 4.78 is 67.8. The molecule has 212 valence electrons. The smallest absolute Gasteiger partial charge is 0.390 e. The van der Waals surface area contributed by atoms with Crippen molar-refractivity contribution in [3.05, 3.63) is 65.5 Å². The summed E-state index contributed by atoms with van der Waals surface area (Å²) in [4.78, 5) is 17.8. The normalized spacial score (nSPS) is 17.7. The number of aliphatic hydroxyl groups is 1. The van der Waals surface area contributed by atoms with E-state index in [0.29, 0.717) is 41.2 Å². The van der Waals surface area contributed by atoms with Crippen LogP contribution >= 0.6 is 0 Å². The van der Waals surface area contributed by atoms with E-state index < -0.39 is 46.5 Å². The van der Waals surface area contributed by atoms with Crippen LogP contribution < -0.4 is 9.50 Å². The number of aliphatic hydroxyl groups excluding tert-OH is 1. The number of nitrogens with one attached hydrogen (secondary N) is 1. The lowest BCUT2D eigenvalue weighted by Gasteiger charge is -2.28. The molecule has 1 aromatic heterocycles. The molecule has 3 aromatic rings. The number of halogens is 3. The summed E-state index contributed by atoms with van der Waals surface area (Å²) in [6.07, 6.45) is -3.85. The van der Waals surface area contributed by atoms with E-state index in [1.807, 2.05) is 0 Å². The Hall–Kier alpha value is -3.89. The molecule has 9 nitrogen and oxygen atoms in total. The lowest BCUT2D eigenvalue weighted by molar-refractivity contribution is -0.130. The summed E-state index contributed by atoms with van der Waals surface area (Å²) >= 11 is 0. The molecule has 1 aliphatic carbocycles. The predicted molar refractivity (Wildman–Crippen MR) is 139 cm³/mol. The molecule has 2 aromatic carbocycles. The number of carbonyl (C=O) groups excluding carboxylic acids is 1. The first-order valence-electron chi connectivity index (χ1n) is 12.5. The molecular weight excluding hydrogens is 549 g/mol. The van der Waals surface area contributed by atoms with Crippen LogP contribution in [0.2, 0.25) is 0 Å². The van der Waals surface area contributed by atoms with Crippen molar-refractivity contribution in [3.63, 3.8) is 0 Å². The molecule has 0 saturated heterocycles. The third-order valence-corrected chi connectivity index (χ3v) is 7.72. The molecule has 1 amide bonds. The maximum Gasteiger partial charge on any atom is 0.390 e. The minimum Gasteiger partial charge on any atom is -0.391 e. The molecule has 2 N–H and O–H groups in total. The molecule has 0 spiro atoms. The van der Waals surface area contributed by atoms with E-state index in [9.17, 15) is 36.8 Å². The van der Waals surface area contributed by atoms with Crippen molar-refractivity contribution in [1.82, 2.24) is 14.9 Å². The van der Waals surface area contributed by atoms with E-state index >= 15 is 0 Å². The van der Waals surface area contributed by atoms with Gasteiger partial charge in [-0.2, -0.15) is 26.9 Å². The van der Waals surface area contributed by atoms with Crippen LogP contribution in [0.25, 0.3) is 17.1 Å². The fraction of sp³-hybridized carbons (Fsp3) is 0.370. The van der Waals surface area contributed by atoms with Crippen LogP contribution in [0.5, 0.6) is 5.75 Å². The molecule has 0 radical (unpaired) electrons. The summed E-state index contributed by atoms with van der Waals surface area (Å²) in [5.74, 6) is -1.54. The van der Waals surface area contributed by atoms with Crippen molar-refractivity contribution >= 4 is 16.0 Å². The number of aromatic nitrogens is 2. The van der Waals surface area contributed by atoms with Crippen molar-refractivity contribution < 1.29 is 35.7 Å². The zero-order valence-corrected chi connectivity index (χ0v) is 22.3. The van der Waals surface area contributed by atoms with Crippen LogP contribution in [0.3, 0.4) is 0 Å². The topological polar surface area (TPSA) is 134 Å². The fourth-order valence-corrected chi connectivity index (χ4v) is 5.52. The van der Waals surface area contributed by atoms with E-state index in [2.05, 4.69) is 16.4 Å². The van der Waals surface area contributed by atoms with E-state index in [-0.39, 0.29) is 11.4 Å². The molecule has 40 heavy (non-hydrogen) atoms. The molecule has 4 rings (SSSR count). The maximum atomic E-state index is 13.3. The van der Waals surface area contributed by atoms with Crippen LogP contribution in [-0.4, -0.2) is 53.1 Å². The van der Waals surface area contributed by atoms with Gasteiger partial charge in [-0.25, -0.2) is 4.98 Å². The van der Waals surface area contributed by atoms with Crippen molar-refractivity contribution in [1.29, 1.82) is 5.26 Å². The average Bonchev–Trinajstić information content (AvgIpc) is 3.26. The molecule has 0 bridgehead atoms. The Kier molecular flexibility index (Phi) is 8.51. The Labute approximate surface area is 229 Å². The summed E-state index contributed by atoms with van der Waals surface area (Å²) in [7, 11) is -4.48. The summed E-state index contributed by atoms with van der Waals surface area (Å²) in [5, 5.41) is 22.5. The van der Waals surface area contributed by atoms with Gasteiger partial charge < -0.3 is 14.6 Å². The third kappa shape index (κ3) is 7.00. The number of nitriles is 1. The van der Waals surface area contributed by atoms with Gasteiger partial charge in [0.05, 0.1) is 41.6 Å². The maximum absolute atomic E-state index is 13.3. The lowest BCUT2D eigenvalue weighted by Crippen LogP contribution is -2.45. The van der Waals surface area contributed by atoms with Crippen LogP contribution in [0.4, 0.5) is 13.2 Å². The van der Waals surface area contributed by atoms with E-state index in [1.54, 1.807) is 35.8 Å². The van der Waals surface area contributed by atoms with Crippen molar-refractivity contribution in [2.45, 2.75) is 57.3 Å². The number of carbonyl (C=O) groups is 1. The van der Waals surface area contributed by atoms with Gasteiger partial charge in [-0.05, 0) is 56.2 Å². The third-order valence-electron chi connectivity index (χ3n) is 6.57. The quantitative estimate of drug-likeness (QED) is 0.379. The highest BCUT2D eigenvalue weighted by Gasteiger charge is 2.31. The molecule has 1 saturated carbocycles. The Balaban J connectivity index is 1.68. The Morgan fingerprint density at radius 1 is 1.20 bits per heavy atom. The Morgan fingerprint density at radius 3 is 2.55 bits per heavy atom. The zero-order chi connectivity index (χ0) is 29.1. The second-order valence-electron chi connectivity index (χ2n) is 9.53. The van der Waals surface area contributed by atoms with Gasteiger partial charge in [0.2, 0.25) is 0 Å². The number of imidazole rings is 1. The number of alkyl halides is 3. The first-order chi connectivity index (χ1) is 18.9. The number of nitrogens with zero attached hydrogens (tertiary/aromatic N) is 3. The van der Waals surface area contributed by atoms with Crippen molar-refractivity contribution in [2.24, 2.45) is 0 Å². The van der Waals surface area contributed by atoms with Crippen molar-refractivity contribution in [3.8, 4) is 28.9 Å². The number of hydrogen-bond donors (Lipinski definition) is 2. The lowest BCUT2D eigenvalue weighted by atomic mass is 9.92. The first-order valence-corrected chi connectivity index (χ1v) is 14.1. The molecule has 1 heterocycles. The molecule has 2 unspecified atom stereocenters. The Morgan fingerprint density at radius 2 is 1.90 bits per heavy atom. The van der Waals surface area contributed by atoms with Gasteiger partial charge in [-0.1, -0.05) is 25.0 Å². The van der Waals surface area contributed by atoms with Crippen molar-refractivity contribution in [2.75, 3.05) is 5.75 Å². The Bertz CT molecular complexity index is 1530. The summed E-state index contributed by atoms with van der Waals surface area (Å²) in [6.45, 7) is 1.67. The highest BCUT2D eigenvalue weighted by atomic mass is 32.2. The van der Waals surface area contributed by atoms with Crippen LogP contribution in [0.15, 0.2) is 48.5 Å². The standard InChI is InChI=1S/C27H27F3N4O5S/c1-17-24(26(36)32-22-7-2-3-8-23(22)35)33-25(19-6-4-5-18(15-19)16-31)34(17)20-9-11-21(12-10-20)39-40(37,38)14-13-27(28,29)30/h4-6,9-12,15,22-23,35H,2-3,7-8,13-14H2,1H3,(H,32,36). The number of benzene rings is 2. The SMILES string of the molecule is Cc1c(C(=O)NC2CCCCC2O)nc(-c2cccc(C#N)c2)n1-c1ccc(OS(=O)(=O)CCC(F)(F)F)cc1. The fourth-order valence-electron chi connectivity index (χ4n) is 4.55. The van der Waals surface area contributed by atoms with Gasteiger partial charge in [0, 0.05) is 11.3 Å². The summed E-state index contributed by atoms with van der Waals surface area (Å²) in [5.41, 5.74) is 1.90. The van der Waals surface area contributed by atoms with Crippen LogP contribution in [0, 0.1) is 18.3 Å². The van der Waals surface area contributed by atoms with Gasteiger partial charge >= 0.3 is 16.3 Å². The number of hydrogen-bond acceptors (Lipinski definition) is 7. The highest BCUT2D eigenvalue weighted by molar-refractivity contribution is 7.87. The van der Waals surface area contributed by atoms with Gasteiger partial charge in [0.1, 0.15) is 17.3 Å². The van der Waals surface area contributed by atoms with Crippen LogP contribution in [0.1, 0.15) is 53.8 Å². The predicted octanol–water partition coefficient (Wildman–Crippen LogP) is 4.41. The van der Waals surface area contributed by atoms with Gasteiger partial charge in [-0.15, -0.1) is 0 Å². The second kappa shape index (κ2) is 11.7. The molecule has 1 fully saturated rings. The van der Waals surface area contributed by atoms with Crippen LogP contribution in [-0.2, 0) is 10.1 Å². The molecular formula is C27H27F3N4O5S. The molecule has 0 aliphatic heterocycles. The van der Waals surface area contributed by atoms with E-state index in [1.165, 1.54) is 24.3 Å². The average molecular weight is 577 g/mol. The van der Waals surface area contributed by atoms with E-state index in [4.69, 9.17) is 4.18 Å². The highest BCUT2D eigenvalue weighted by Crippen LogP contribution is 2.29. The summed E-state index contributed by atoms with van der Waals surface area (Å²) in [6, 6.07) is 13.8. The van der Waals surface area contributed by atoms with Gasteiger partial charge in [-0.3, -0.25) is 9.36 Å². The zero-order valence-electron chi connectivity index (χ0n) is 21.5. The molecule has 2 atom stereocenters. The monoisotopic (exact) mass is 576 g/mol. The molecule has 1 aliphatic rings. The first kappa shape index (κ1) is 29.1. The largest absolute Gasteiger partial charge is 0.391 e. The van der Waals surface area contributed by atoms with Gasteiger partial charge in [0.15, 0.2) is 0 Å². The number of rotatable bonds is 8. The molecule has 13 heteroatoms. The van der Waals surface area contributed by atoms with E-state index in [0.717, 1.165) is 12.8 Å². The minimum atomic E-state index is -4.64. The minimum absolute atomic E-state index is 0.102. The second-order valence-corrected chi connectivity index (χ2v) is 11.2.